The van der Waals surface area contributed by atoms with Crippen LogP contribution in [0.4, 0.5) is 0 Å². The van der Waals surface area contributed by atoms with Gasteiger partial charge in [-0.25, -0.2) is 0 Å². The Balaban J connectivity index is 1.95. The van der Waals surface area contributed by atoms with E-state index in [2.05, 4.69) is 26.8 Å². The molecule has 2 aliphatic carbocycles. The van der Waals surface area contributed by atoms with E-state index < -0.39 is 5.79 Å². The molecule has 0 N–H and O–H groups in total. The molecule has 3 aliphatic rings. The van der Waals surface area contributed by atoms with Crippen LogP contribution in [0, 0.1) is 17.3 Å². The van der Waals surface area contributed by atoms with Crippen molar-refractivity contribution in [3.8, 4) is 0 Å². The summed E-state index contributed by atoms with van der Waals surface area (Å²) in [6.07, 6.45) is 6.63. The Morgan fingerprint density at radius 2 is 1.83 bits per heavy atom. The lowest BCUT2D eigenvalue weighted by molar-refractivity contribution is -0.145. The summed E-state index contributed by atoms with van der Waals surface area (Å²) in [6.45, 7) is 11.2. The van der Waals surface area contributed by atoms with Gasteiger partial charge in [0, 0.05) is 0 Å². The van der Waals surface area contributed by atoms with Crippen molar-refractivity contribution in [1.29, 1.82) is 0 Å². The lowest BCUT2D eigenvalue weighted by atomic mass is 9.82. The van der Waals surface area contributed by atoms with Crippen LogP contribution >= 0.6 is 0 Å². The van der Waals surface area contributed by atoms with Gasteiger partial charge in [-0.2, -0.15) is 0 Å². The summed E-state index contributed by atoms with van der Waals surface area (Å²) in [5, 5.41) is 0. The van der Waals surface area contributed by atoms with Gasteiger partial charge in [0.05, 0.1) is 6.10 Å². The number of hydrogen-bond acceptors (Lipinski definition) is 2. The summed E-state index contributed by atoms with van der Waals surface area (Å²) in [4.78, 5) is 0. The molecule has 4 atom stereocenters. The number of fused-ring (bicyclic) bond motifs is 3. The first kappa shape index (κ1) is 12.7. The Morgan fingerprint density at radius 1 is 1.11 bits per heavy atom. The maximum Gasteiger partial charge on any atom is 0.164 e. The van der Waals surface area contributed by atoms with Crippen LogP contribution in [0.1, 0.15) is 53.9 Å². The third kappa shape index (κ3) is 2.04. The van der Waals surface area contributed by atoms with Gasteiger partial charge in [-0.1, -0.05) is 26.8 Å². The summed E-state index contributed by atoms with van der Waals surface area (Å²) in [5.41, 5.74) is 1.85. The van der Waals surface area contributed by atoms with E-state index >= 15 is 0 Å². The maximum atomic E-state index is 6.20. The van der Waals surface area contributed by atoms with Gasteiger partial charge in [0.2, 0.25) is 0 Å². The molecule has 1 saturated carbocycles. The minimum atomic E-state index is -0.409. The first-order valence-electron chi connectivity index (χ1n) is 7.36. The number of hydrogen-bond donors (Lipinski definition) is 0. The maximum absolute atomic E-state index is 6.20. The zero-order valence-electron chi connectivity index (χ0n) is 12.3. The van der Waals surface area contributed by atoms with Crippen molar-refractivity contribution in [3.05, 3.63) is 11.6 Å². The highest BCUT2D eigenvalue weighted by Gasteiger charge is 2.50. The van der Waals surface area contributed by atoms with Crippen molar-refractivity contribution in [1.82, 2.24) is 0 Å². The normalized spacial score (nSPS) is 45.1. The lowest BCUT2D eigenvalue weighted by Gasteiger charge is -2.25. The minimum absolute atomic E-state index is 0.205. The van der Waals surface area contributed by atoms with Crippen molar-refractivity contribution in [3.63, 3.8) is 0 Å². The van der Waals surface area contributed by atoms with Gasteiger partial charge in [0.15, 0.2) is 5.79 Å². The highest BCUT2D eigenvalue weighted by Crippen LogP contribution is 2.51. The zero-order chi connectivity index (χ0) is 13.1. The second kappa shape index (κ2) is 3.83. The average molecular weight is 250 g/mol. The number of rotatable bonds is 0. The van der Waals surface area contributed by atoms with Gasteiger partial charge in [-0.15, -0.1) is 0 Å². The standard InChI is InChI=1S/C16H26O2/c1-10-6-7-13-14(18-16(4,5)17-13)12-9-15(2,3)8-11(10)12/h9-11,13-14H,6-8H2,1-5H3/t10-,11-,13-,14+/m0/s1. The van der Waals surface area contributed by atoms with Crippen LogP contribution in [-0.4, -0.2) is 18.0 Å². The quantitative estimate of drug-likeness (QED) is 0.607. The van der Waals surface area contributed by atoms with E-state index in [9.17, 15) is 0 Å². The van der Waals surface area contributed by atoms with Crippen molar-refractivity contribution >= 4 is 0 Å². The molecule has 0 bridgehead atoms. The van der Waals surface area contributed by atoms with Crippen molar-refractivity contribution < 1.29 is 9.47 Å². The van der Waals surface area contributed by atoms with Crippen LogP contribution in [0.25, 0.3) is 0 Å². The Morgan fingerprint density at radius 3 is 2.56 bits per heavy atom. The molecule has 0 spiro atoms. The third-order valence-electron chi connectivity index (χ3n) is 4.84. The molecular weight excluding hydrogens is 224 g/mol. The fourth-order valence-corrected chi connectivity index (χ4v) is 4.08. The van der Waals surface area contributed by atoms with Crippen LogP contribution in [-0.2, 0) is 9.47 Å². The van der Waals surface area contributed by atoms with Crippen molar-refractivity contribution in [2.75, 3.05) is 0 Å². The molecular formula is C16H26O2. The highest BCUT2D eigenvalue weighted by molar-refractivity contribution is 5.27. The van der Waals surface area contributed by atoms with E-state index in [4.69, 9.17) is 9.47 Å². The topological polar surface area (TPSA) is 18.5 Å². The monoisotopic (exact) mass is 250 g/mol. The van der Waals surface area contributed by atoms with E-state index in [1.54, 1.807) is 0 Å². The van der Waals surface area contributed by atoms with Gasteiger partial charge in [-0.3, -0.25) is 0 Å². The van der Waals surface area contributed by atoms with Crippen molar-refractivity contribution in [2.24, 2.45) is 17.3 Å². The number of ether oxygens (including phenoxy) is 2. The predicted octanol–water partition coefficient (Wildman–Crippen LogP) is 3.91. The van der Waals surface area contributed by atoms with Crippen LogP contribution in [0.5, 0.6) is 0 Å². The van der Waals surface area contributed by atoms with E-state index in [1.807, 2.05) is 13.8 Å². The van der Waals surface area contributed by atoms with Crippen molar-refractivity contribution in [2.45, 2.75) is 71.9 Å². The Kier molecular flexibility index (Phi) is 2.70. The first-order valence-corrected chi connectivity index (χ1v) is 7.36. The molecule has 0 unspecified atom stereocenters. The van der Waals surface area contributed by atoms with Crippen LogP contribution < -0.4 is 0 Å². The molecule has 3 rings (SSSR count). The molecule has 18 heavy (non-hydrogen) atoms. The SMILES string of the molecule is C[C@H]1CC[C@@H]2OC(C)(C)O[C@@H]2C2=CC(C)(C)C[C@H]21. The van der Waals surface area contributed by atoms with Gasteiger partial charge in [0.25, 0.3) is 0 Å². The molecule has 0 amide bonds. The summed E-state index contributed by atoms with van der Waals surface area (Å²) in [5.74, 6) is 1.06. The van der Waals surface area contributed by atoms with Crippen LogP contribution in [0.2, 0.25) is 0 Å². The van der Waals surface area contributed by atoms with Gasteiger partial charge in [-0.05, 0) is 55.9 Å². The molecule has 2 nitrogen and oxygen atoms in total. The average Bonchev–Trinajstić information content (AvgIpc) is 2.68. The Labute approximate surface area is 111 Å². The van der Waals surface area contributed by atoms with Gasteiger partial charge >= 0.3 is 0 Å². The lowest BCUT2D eigenvalue weighted by Crippen LogP contribution is -2.25. The molecule has 2 fully saturated rings. The largest absolute Gasteiger partial charge is 0.344 e. The Bertz CT molecular complexity index is 381. The second-order valence-electron chi connectivity index (χ2n) is 7.59. The fraction of sp³-hybridized carbons (Fsp3) is 0.875. The summed E-state index contributed by atoms with van der Waals surface area (Å²) < 4.78 is 12.3. The smallest absolute Gasteiger partial charge is 0.164 e. The molecule has 1 aliphatic heterocycles. The minimum Gasteiger partial charge on any atom is -0.344 e. The molecule has 0 radical (unpaired) electrons. The van der Waals surface area contributed by atoms with E-state index in [-0.39, 0.29) is 12.2 Å². The molecule has 2 heteroatoms. The zero-order valence-corrected chi connectivity index (χ0v) is 12.3. The van der Waals surface area contributed by atoms with Gasteiger partial charge in [0.1, 0.15) is 6.10 Å². The molecule has 1 saturated heterocycles. The fourth-order valence-electron chi connectivity index (χ4n) is 4.08. The van der Waals surface area contributed by atoms with Crippen LogP contribution in [0.15, 0.2) is 11.6 Å². The second-order valence-corrected chi connectivity index (χ2v) is 7.59. The third-order valence-corrected chi connectivity index (χ3v) is 4.84. The van der Waals surface area contributed by atoms with E-state index in [0.717, 1.165) is 12.3 Å². The van der Waals surface area contributed by atoms with E-state index in [0.29, 0.717) is 11.3 Å². The predicted molar refractivity (Wildman–Crippen MR) is 72.2 cm³/mol. The molecule has 0 aromatic carbocycles. The first-order chi connectivity index (χ1) is 8.27. The van der Waals surface area contributed by atoms with Gasteiger partial charge < -0.3 is 9.47 Å². The highest BCUT2D eigenvalue weighted by atomic mass is 16.7. The molecule has 1 heterocycles. The van der Waals surface area contributed by atoms with Crippen LogP contribution in [0.3, 0.4) is 0 Å². The summed E-state index contributed by atoms with van der Waals surface area (Å²) in [6, 6.07) is 0. The summed E-state index contributed by atoms with van der Waals surface area (Å²) >= 11 is 0. The molecule has 102 valence electrons. The summed E-state index contributed by atoms with van der Waals surface area (Å²) in [7, 11) is 0. The molecule has 0 aromatic rings. The van der Waals surface area contributed by atoms with E-state index in [1.165, 1.54) is 18.4 Å². The number of allylic oxidation sites excluding steroid dienone is 1. The molecule has 0 aromatic heterocycles. The Hall–Kier alpha value is -0.340.